The number of halogens is 1. The molecule has 86 valence electrons. The number of aliphatic carboxylic acids is 1. The second-order valence-electron chi connectivity index (χ2n) is 3.80. The van der Waals surface area contributed by atoms with Crippen molar-refractivity contribution in [3.8, 4) is 0 Å². The van der Waals surface area contributed by atoms with Gasteiger partial charge in [0.15, 0.2) is 0 Å². The molecule has 1 fully saturated rings. The van der Waals surface area contributed by atoms with Crippen molar-refractivity contribution < 1.29 is 9.90 Å². The monoisotopic (exact) mass is 301 g/mol. The second-order valence-corrected chi connectivity index (χ2v) is 5.79. The minimum absolute atomic E-state index is 0.0658. The lowest BCUT2D eigenvalue weighted by Gasteiger charge is -2.13. The molecule has 1 heterocycles. The summed E-state index contributed by atoms with van der Waals surface area (Å²) in [6, 6.07) is 5.68. The fourth-order valence-electron chi connectivity index (χ4n) is 1.64. The number of aryl methyl sites for hydroxylation is 1. The number of nitrogens with one attached hydrogen (secondary N) is 1. The van der Waals surface area contributed by atoms with Crippen LogP contribution >= 0.6 is 27.7 Å². The van der Waals surface area contributed by atoms with E-state index in [1.807, 2.05) is 25.1 Å². The van der Waals surface area contributed by atoms with Crippen LogP contribution in [0.5, 0.6) is 0 Å². The molecule has 5 heteroatoms. The standard InChI is InChI=1S/C11H12BrNO2S/c1-6-2-3-7(8(12)4-6)10-13-9(5-16-10)11(14)15/h2-4,9-10,13H,5H2,1H3,(H,14,15)/t9-,10?/m0/s1. The number of carboxylic acids is 1. The molecule has 2 atom stereocenters. The summed E-state index contributed by atoms with van der Waals surface area (Å²) >= 11 is 5.14. The van der Waals surface area contributed by atoms with Gasteiger partial charge in [-0.2, -0.15) is 0 Å². The van der Waals surface area contributed by atoms with E-state index in [-0.39, 0.29) is 5.37 Å². The largest absolute Gasteiger partial charge is 0.480 e. The summed E-state index contributed by atoms with van der Waals surface area (Å²) in [5.74, 6) is -0.168. The Labute approximate surface area is 107 Å². The zero-order chi connectivity index (χ0) is 11.7. The highest BCUT2D eigenvalue weighted by Gasteiger charge is 2.31. The van der Waals surface area contributed by atoms with Gasteiger partial charge in [-0.25, -0.2) is 0 Å². The van der Waals surface area contributed by atoms with Crippen LogP contribution in [-0.2, 0) is 4.79 Å². The molecule has 1 saturated heterocycles. The quantitative estimate of drug-likeness (QED) is 0.881. The van der Waals surface area contributed by atoms with Gasteiger partial charge in [0, 0.05) is 10.2 Å². The summed E-state index contributed by atoms with van der Waals surface area (Å²) in [7, 11) is 0. The van der Waals surface area contributed by atoms with Crippen LogP contribution in [0.1, 0.15) is 16.5 Å². The fraction of sp³-hybridized carbons (Fsp3) is 0.364. The number of carboxylic acid groups (broad SMARTS) is 1. The normalized spacial score (nSPS) is 24.6. The highest BCUT2D eigenvalue weighted by molar-refractivity contribution is 9.10. The molecule has 2 N–H and O–H groups in total. The van der Waals surface area contributed by atoms with Crippen LogP contribution in [0, 0.1) is 6.92 Å². The third-order valence-electron chi connectivity index (χ3n) is 2.52. The Bertz CT molecular complexity index is 424. The van der Waals surface area contributed by atoms with Crippen LogP contribution in [0.15, 0.2) is 22.7 Å². The Hall–Kier alpha value is -0.520. The van der Waals surface area contributed by atoms with E-state index in [9.17, 15) is 4.79 Å². The summed E-state index contributed by atoms with van der Waals surface area (Å²) in [5.41, 5.74) is 2.30. The first-order valence-corrected chi connectivity index (χ1v) is 6.78. The van der Waals surface area contributed by atoms with E-state index in [0.717, 1.165) is 10.0 Å². The molecule has 1 aliphatic heterocycles. The van der Waals surface area contributed by atoms with E-state index in [1.54, 1.807) is 11.8 Å². The van der Waals surface area contributed by atoms with Crippen LogP contribution in [0.3, 0.4) is 0 Å². The van der Waals surface area contributed by atoms with Crippen molar-refractivity contribution >= 4 is 33.7 Å². The third kappa shape index (κ3) is 2.42. The maximum absolute atomic E-state index is 10.8. The van der Waals surface area contributed by atoms with Crippen LogP contribution in [0.25, 0.3) is 0 Å². The van der Waals surface area contributed by atoms with Gasteiger partial charge in [-0.1, -0.05) is 28.1 Å². The van der Waals surface area contributed by atoms with E-state index in [4.69, 9.17) is 5.11 Å². The van der Waals surface area contributed by atoms with Crippen molar-refractivity contribution in [3.05, 3.63) is 33.8 Å². The molecule has 0 saturated carbocycles. The molecule has 0 aromatic heterocycles. The summed E-state index contributed by atoms with van der Waals surface area (Å²) in [4.78, 5) is 10.8. The Balaban J connectivity index is 2.17. The van der Waals surface area contributed by atoms with Gasteiger partial charge >= 0.3 is 5.97 Å². The average Bonchev–Trinajstić information content (AvgIpc) is 2.66. The van der Waals surface area contributed by atoms with Crippen LogP contribution < -0.4 is 5.32 Å². The van der Waals surface area contributed by atoms with Crippen molar-refractivity contribution in [2.75, 3.05) is 5.75 Å². The molecule has 0 aliphatic carbocycles. The Morgan fingerprint density at radius 1 is 1.62 bits per heavy atom. The lowest BCUT2D eigenvalue weighted by molar-refractivity contribution is -0.138. The molecule has 0 radical (unpaired) electrons. The summed E-state index contributed by atoms with van der Waals surface area (Å²) < 4.78 is 1.03. The molecule has 1 aromatic carbocycles. The molecule has 3 nitrogen and oxygen atoms in total. The van der Waals surface area contributed by atoms with E-state index < -0.39 is 12.0 Å². The van der Waals surface area contributed by atoms with Gasteiger partial charge in [0.1, 0.15) is 6.04 Å². The van der Waals surface area contributed by atoms with Crippen LogP contribution in [0.4, 0.5) is 0 Å². The topological polar surface area (TPSA) is 49.3 Å². The minimum atomic E-state index is -0.779. The van der Waals surface area contributed by atoms with E-state index >= 15 is 0 Å². The second kappa shape index (κ2) is 4.77. The minimum Gasteiger partial charge on any atom is -0.480 e. The highest BCUT2D eigenvalue weighted by atomic mass is 79.9. The van der Waals surface area contributed by atoms with Crippen molar-refractivity contribution in [2.45, 2.75) is 18.3 Å². The van der Waals surface area contributed by atoms with Gasteiger partial charge in [-0.15, -0.1) is 11.8 Å². The number of carbonyl (C=O) groups is 1. The lowest BCUT2D eigenvalue weighted by Crippen LogP contribution is -2.33. The highest BCUT2D eigenvalue weighted by Crippen LogP contribution is 2.36. The molecule has 0 spiro atoms. The number of benzene rings is 1. The van der Waals surface area contributed by atoms with Crippen molar-refractivity contribution in [2.24, 2.45) is 0 Å². The van der Waals surface area contributed by atoms with Gasteiger partial charge in [0.2, 0.25) is 0 Å². The first-order chi connectivity index (χ1) is 7.58. The molecular weight excluding hydrogens is 290 g/mol. The summed E-state index contributed by atoms with van der Waals surface area (Å²) in [6.07, 6.45) is 0. The molecule has 0 bridgehead atoms. The van der Waals surface area contributed by atoms with Crippen molar-refractivity contribution in [1.29, 1.82) is 0 Å². The SMILES string of the molecule is Cc1ccc(C2N[C@H](C(=O)O)CS2)c(Br)c1. The van der Waals surface area contributed by atoms with Crippen LogP contribution in [-0.4, -0.2) is 22.9 Å². The first-order valence-electron chi connectivity index (χ1n) is 4.94. The molecule has 1 aliphatic rings. The smallest absolute Gasteiger partial charge is 0.321 e. The maximum atomic E-state index is 10.8. The summed E-state index contributed by atoms with van der Waals surface area (Å²) in [6.45, 7) is 2.03. The fourth-order valence-corrected chi connectivity index (χ4v) is 3.78. The number of hydrogen-bond acceptors (Lipinski definition) is 3. The van der Waals surface area contributed by atoms with Gasteiger partial charge in [0.25, 0.3) is 0 Å². The zero-order valence-corrected chi connectivity index (χ0v) is 11.1. The van der Waals surface area contributed by atoms with E-state index in [1.165, 1.54) is 5.56 Å². The Kier molecular flexibility index (Phi) is 3.56. The molecule has 0 amide bonds. The van der Waals surface area contributed by atoms with Crippen molar-refractivity contribution in [3.63, 3.8) is 0 Å². The first kappa shape index (κ1) is 12.0. The Morgan fingerprint density at radius 2 is 2.38 bits per heavy atom. The predicted molar refractivity (Wildman–Crippen MR) is 68.6 cm³/mol. The number of thioether (sulfide) groups is 1. The molecule has 16 heavy (non-hydrogen) atoms. The lowest BCUT2D eigenvalue weighted by atomic mass is 10.1. The predicted octanol–water partition coefficient (Wildman–Crippen LogP) is 2.55. The molecule has 2 rings (SSSR count). The molecular formula is C11H12BrNO2S. The summed E-state index contributed by atoms with van der Waals surface area (Å²) in [5, 5.41) is 12.1. The molecule has 1 aromatic rings. The van der Waals surface area contributed by atoms with E-state index in [2.05, 4.69) is 21.2 Å². The van der Waals surface area contributed by atoms with Gasteiger partial charge in [-0.05, 0) is 24.1 Å². The van der Waals surface area contributed by atoms with Gasteiger partial charge < -0.3 is 5.11 Å². The average molecular weight is 302 g/mol. The van der Waals surface area contributed by atoms with E-state index in [0.29, 0.717) is 5.75 Å². The van der Waals surface area contributed by atoms with Gasteiger partial charge in [-0.3, -0.25) is 10.1 Å². The van der Waals surface area contributed by atoms with Crippen molar-refractivity contribution in [1.82, 2.24) is 5.32 Å². The van der Waals surface area contributed by atoms with Crippen LogP contribution in [0.2, 0.25) is 0 Å². The molecule has 1 unspecified atom stereocenters. The maximum Gasteiger partial charge on any atom is 0.321 e. The number of rotatable bonds is 2. The van der Waals surface area contributed by atoms with Gasteiger partial charge in [0.05, 0.1) is 5.37 Å². The number of hydrogen-bond donors (Lipinski definition) is 2. The third-order valence-corrected chi connectivity index (χ3v) is 4.45. The zero-order valence-electron chi connectivity index (χ0n) is 8.74. The Morgan fingerprint density at radius 3 is 2.94 bits per heavy atom.